The first-order valence-electron chi connectivity index (χ1n) is 7.12. The summed E-state index contributed by atoms with van der Waals surface area (Å²) >= 11 is 0. The molecule has 0 aliphatic heterocycles. The van der Waals surface area contributed by atoms with Crippen LogP contribution in [0.1, 0.15) is 22.5 Å². The third kappa shape index (κ3) is 2.39. The van der Waals surface area contributed by atoms with E-state index in [2.05, 4.69) is 4.98 Å². The van der Waals surface area contributed by atoms with Crippen molar-refractivity contribution < 1.29 is 9.15 Å². The van der Waals surface area contributed by atoms with E-state index in [1.807, 2.05) is 37.5 Å². The minimum absolute atomic E-state index is 0.303. The highest BCUT2D eigenvalue weighted by atomic mass is 16.5. The number of aryl methyl sites for hydroxylation is 2. The van der Waals surface area contributed by atoms with Gasteiger partial charge in [-0.15, -0.1) is 0 Å². The van der Waals surface area contributed by atoms with Gasteiger partial charge in [-0.1, -0.05) is 0 Å². The first-order valence-corrected chi connectivity index (χ1v) is 7.12. The lowest BCUT2D eigenvalue weighted by Gasteiger charge is -2.10. The normalized spacial score (nSPS) is 11.1. The lowest BCUT2D eigenvalue weighted by molar-refractivity contribution is 0.234. The molecule has 0 atom stereocenters. The summed E-state index contributed by atoms with van der Waals surface area (Å²) in [7, 11) is 0. The second kappa shape index (κ2) is 5.33. The number of hydrogen-bond donors (Lipinski definition) is 0. The van der Waals surface area contributed by atoms with Crippen LogP contribution in [0.25, 0.3) is 11.0 Å². The quantitative estimate of drug-likeness (QED) is 0.696. The van der Waals surface area contributed by atoms with Crippen molar-refractivity contribution in [3.63, 3.8) is 0 Å². The number of fused-ring (bicyclic) bond motifs is 1. The molecule has 0 fully saturated rings. The molecule has 3 rings (SSSR count). The van der Waals surface area contributed by atoms with E-state index >= 15 is 0 Å². The number of hydrogen-bond acceptors (Lipinski definition) is 4. The average Bonchev–Trinajstić information content (AvgIpc) is 2.82. The second-order valence-electron chi connectivity index (χ2n) is 5.46. The van der Waals surface area contributed by atoms with E-state index < -0.39 is 0 Å². The van der Waals surface area contributed by atoms with E-state index in [1.54, 1.807) is 19.3 Å². The summed E-state index contributed by atoms with van der Waals surface area (Å²) in [6.45, 7) is 8.02. The molecule has 0 N–H and O–H groups in total. The third-order valence-corrected chi connectivity index (χ3v) is 4.14. The molecular formula is C17H18N2O3. The highest BCUT2D eigenvalue weighted by Gasteiger charge is 2.09. The van der Waals surface area contributed by atoms with E-state index in [1.165, 1.54) is 0 Å². The lowest BCUT2D eigenvalue weighted by Crippen LogP contribution is -2.07. The molecule has 0 amide bonds. The molecular weight excluding hydrogens is 280 g/mol. The predicted octanol–water partition coefficient (Wildman–Crippen LogP) is 3.26. The van der Waals surface area contributed by atoms with Crippen LogP contribution in [-0.4, -0.2) is 9.55 Å². The van der Waals surface area contributed by atoms with Crippen molar-refractivity contribution in [3.05, 3.63) is 57.5 Å². The van der Waals surface area contributed by atoms with Gasteiger partial charge in [-0.2, -0.15) is 0 Å². The third-order valence-electron chi connectivity index (χ3n) is 4.14. The van der Waals surface area contributed by atoms with Gasteiger partial charge < -0.3 is 13.7 Å². The summed E-state index contributed by atoms with van der Waals surface area (Å²) in [6.07, 6.45) is 1.75. The molecule has 22 heavy (non-hydrogen) atoms. The molecule has 114 valence electrons. The zero-order chi connectivity index (χ0) is 15.9. The molecule has 0 saturated heterocycles. The van der Waals surface area contributed by atoms with Crippen LogP contribution in [0.15, 0.2) is 33.7 Å². The van der Waals surface area contributed by atoms with Crippen molar-refractivity contribution in [2.45, 2.75) is 34.4 Å². The molecule has 0 saturated carbocycles. The Kier molecular flexibility index (Phi) is 3.48. The Morgan fingerprint density at radius 2 is 1.95 bits per heavy atom. The summed E-state index contributed by atoms with van der Waals surface area (Å²) < 4.78 is 13.0. The van der Waals surface area contributed by atoms with E-state index in [4.69, 9.17) is 9.15 Å². The minimum Gasteiger partial charge on any atom is -0.473 e. The molecule has 0 unspecified atom stereocenters. The highest BCUT2D eigenvalue weighted by molar-refractivity contribution is 5.82. The van der Waals surface area contributed by atoms with Gasteiger partial charge in [0.1, 0.15) is 11.3 Å². The average molecular weight is 298 g/mol. The van der Waals surface area contributed by atoms with Crippen LogP contribution in [0.3, 0.4) is 0 Å². The van der Waals surface area contributed by atoms with Crippen LogP contribution in [0.4, 0.5) is 0 Å². The van der Waals surface area contributed by atoms with Gasteiger partial charge in [0.05, 0.1) is 12.0 Å². The summed E-state index contributed by atoms with van der Waals surface area (Å²) in [5.41, 5.74) is 3.88. The van der Waals surface area contributed by atoms with Crippen LogP contribution in [-0.2, 0) is 6.73 Å². The van der Waals surface area contributed by atoms with Gasteiger partial charge in [-0.3, -0.25) is 0 Å². The standard InChI is InChI=1S/C17H18N2O3/c1-10-11(2)17(20)22-16-7-14(5-6-15(10)16)21-9-19-8-18-12(3)13(19)4/h5-8H,9H2,1-4H3. The molecule has 0 aliphatic rings. The Morgan fingerprint density at radius 3 is 2.64 bits per heavy atom. The van der Waals surface area contributed by atoms with Gasteiger partial charge in [0, 0.05) is 22.7 Å². The molecule has 2 heterocycles. The summed E-state index contributed by atoms with van der Waals surface area (Å²) in [5, 5.41) is 0.930. The molecule has 0 spiro atoms. The Bertz CT molecular complexity index is 906. The minimum atomic E-state index is -0.303. The monoisotopic (exact) mass is 298 g/mol. The molecule has 0 radical (unpaired) electrons. The fourth-order valence-electron chi connectivity index (χ4n) is 2.34. The Morgan fingerprint density at radius 1 is 1.18 bits per heavy atom. The van der Waals surface area contributed by atoms with Crippen LogP contribution >= 0.6 is 0 Å². The van der Waals surface area contributed by atoms with E-state index in [0.717, 1.165) is 22.3 Å². The molecule has 0 bridgehead atoms. The van der Waals surface area contributed by atoms with Gasteiger partial charge in [-0.05, 0) is 45.4 Å². The Hall–Kier alpha value is -2.56. The summed E-state index contributed by atoms with van der Waals surface area (Å²) in [6, 6.07) is 5.55. The second-order valence-corrected chi connectivity index (χ2v) is 5.46. The van der Waals surface area contributed by atoms with Crippen molar-refractivity contribution in [2.75, 3.05) is 0 Å². The predicted molar refractivity (Wildman–Crippen MR) is 84.3 cm³/mol. The van der Waals surface area contributed by atoms with E-state index in [9.17, 15) is 4.79 Å². The Balaban J connectivity index is 1.91. The number of rotatable bonds is 3. The van der Waals surface area contributed by atoms with Gasteiger partial charge in [0.2, 0.25) is 0 Å². The maximum Gasteiger partial charge on any atom is 0.339 e. The topological polar surface area (TPSA) is 57.3 Å². The first kappa shape index (κ1) is 14.4. The number of imidazole rings is 1. The van der Waals surface area contributed by atoms with Gasteiger partial charge in [-0.25, -0.2) is 9.78 Å². The smallest absolute Gasteiger partial charge is 0.339 e. The van der Waals surface area contributed by atoms with E-state index in [0.29, 0.717) is 23.6 Å². The van der Waals surface area contributed by atoms with Crippen LogP contribution in [0, 0.1) is 27.7 Å². The molecule has 0 aliphatic carbocycles. The number of aromatic nitrogens is 2. The largest absolute Gasteiger partial charge is 0.473 e. The molecule has 2 aromatic heterocycles. The van der Waals surface area contributed by atoms with Crippen molar-refractivity contribution in [1.29, 1.82) is 0 Å². The number of benzene rings is 1. The molecule has 5 nitrogen and oxygen atoms in total. The zero-order valence-corrected chi connectivity index (χ0v) is 13.1. The SMILES string of the molecule is Cc1ncn(COc2ccc3c(C)c(C)c(=O)oc3c2)c1C. The lowest BCUT2D eigenvalue weighted by atomic mass is 10.1. The van der Waals surface area contributed by atoms with Gasteiger partial charge >= 0.3 is 5.63 Å². The van der Waals surface area contributed by atoms with Crippen molar-refractivity contribution in [3.8, 4) is 5.75 Å². The van der Waals surface area contributed by atoms with Crippen LogP contribution in [0.5, 0.6) is 5.75 Å². The number of nitrogens with zero attached hydrogens (tertiary/aromatic N) is 2. The molecule has 5 heteroatoms. The number of ether oxygens (including phenoxy) is 1. The maximum atomic E-state index is 11.8. The highest BCUT2D eigenvalue weighted by Crippen LogP contribution is 2.24. The summed E-state index contributed by atoms with van der Waals surface area (Å²) in [4.78, 5) is 16.0. The summed E-state index contributed by atoms with van der Waals surface area (Å²) in [5.74, 6) is 0.657. The van der Waals surface area contributed by atoms with Gasteiger partial charge in [0.15, 0.2) is 6.73 Å². The van der Waals surface area contributed by atoms with Gasteiger partial charge in [0.25, 0.3) is 0 Å². The van der Waals surface area contributed by atoms with Crippen molar-refractivity contribution in [2.24, 2.45) is 0 Å². The first-order chi connectivity index (χ1) is 10.5. The fourth-order valence-corrected chi connectivity index (χ4v) is 2.34. The Labute approximate surface area is 128 Å². The van der Waals surface area contributed by atoms with E-state index in [-0.39, 0.29) is 5.63 Å². The maximum absolute atomic E-state index is 11.8. The molecule has 1 aromatic carbocycles. The fraction of sp³-hybridized carbons (Fsp3) is 0.294. The van der Waals surface area contributed by atoms with Crippen molar-refractivity contribution >= 4 is 11.0 Å². The zero-order valence-electron chi connectivity index (χ0n) is 13.1. The molecule has 3 aromatic rings. The van der Waals surface area contributed by atoms with Crippen molar-refractivity contribution in [1.82, 2.24) is 9.55 Å². The van der Waals surface area contributed by atoms with Crippen LogP contribution in [0.2, 0.25) is 0 Å². The van der Waals surface area contributed by atoms with Crippen LogP contribution < -0.4 is 10.4 Å².